The van der Waals surface area contributed by atoms with Gasteiger partial charge >= 0.3 is 5.97 Å². The predicted molar refractivity (Wildman–Crippen MR) is 78.7 cm³/mol. The van der Waals surface area contributed by atoms with Crippen molar-refractivity contribution in [1.82, 2.24) is 0 Å². The van der Waals surface area contributed by atoms with Gasteiger partial charge in [0.25, 0.3) is 0 Å². The molecule has 1 aliphatic rings. The molecule has 0 saturated carbocycles. The third kappa shape index (κ3) is 2.21. The van der Waals surface area contributed by atoms with Gasteiger partial charge < -0.3 is 4.74 Å². The Balaban J connectivity index is 2.06. The molecule has 0 saturated heterocycles. The molecule has 0 fully saturated rings. The number of rotatable bonds is 2. The fourth-order valence-electron chi connectivity index (χ4n) is 2.21. The molecular weight excluding hydrogens is 288 g/mol. The fourth-order valence-corrected chi connectivity index (χ4v) is 2.87. The quantitative estimate of drug-likeness (QED) is 0.486. The van der Waals surface area contributed by atoms with Gasteiger partial charge in [-0.15, -0.1) is 11.3 Å². The summed E-state index contributed by atoms with van der Waals surface area (Å²) >= 11 is 1.45. The first kappa shape index (κ1) is 13.5. The zero-order valence-corrected chi connectivity index (χ0v) is 11.9. The molecule has 1 heterocycles. The van der Waals surface area contributed by atoms with Crippen LogP contribution in [0, 0.1) is 0 Å². The lowest BCUT2D eigenvalue weighted by Crippen LogP contribution is -2.03. The van der Waals surface area contributed by atoms with Crippen LogP contribution in [0.25, 0.3) is 6.08 Å². The van der Waals surface area contributed by atoms with Crippen molar-refractivity contribution < 1.29 is 19.1 Å². The van der Waals surface area contributed by atoms with Crippen LogP contribution in [0.5, 0.6) is 0 Å². The zero-order chi connectivity index (χ0) is 15.0. The van der Waals surface area contributed by atoms with Crippen LogP contribution in [0.4, 0.5) is 0 Å². The number of thiophene rings is 1. The summed E-state index contributed by atoms with van der Waals surface area (Å²) in [6.45, 7) is 0. The van der Waals surface area contributed by atoms with E-state index in [1.54, 1.807) is 6.08 Å². The smallest absolute Gasteiger partial charge is 0.337 e. The maximum Gasteiger partial charge on any atom is 0.337 e. The van der Waals surface area contributed by atoms with Crippen LogP contribution in [-0.4, -0.2) is 24.6 Å². The van der Waals surface area contributed by atoms with Gasteiger partial charge in [-0.2, -0.15) is 0 Å². The number of allylic oxidation sites excluding steroid dienone is 1. The van der Waals surface area contributed by atoms with E-state index in [-0.39, 0.29) is 28.3 Å². The Morgan fingerprint density at radius 1 is 1.14 bits per heavy atom. The van der Waals surface area contributed by atoms with Crippen LogP contribution in [0.3, 0.4) is 0 Å². The highest BCUT2D eigenvalue weighted by atomic mass is 32.1. The van der Waals surface area contributed by atoms with Gasteiger partial charge in [-0.25, -0.2) is 4.79 Å². The summed E-state index contributed by atoms with van der Waals surface area (Å²) in [6, 6.07) is 8.09. The van der Waals surface area contributed by atoms with Crippen LogP contribution < -0.4 is 0 Å². The minimum Gasteiger partial charge on any atom is -0.465 e. The highest BCUT2D eigenvalue weighted by Crippen LogP contribution is 2.29. The number of carbonyl (C=O) groups excluding carboxylic acids is 3. The van der Waals surface area contributed by atoms with Crippen LogP contribution in [0.1, 0.15) is 36.0 Å². The SMILES string of the molecule is COC(=O)c1ccc2c(c1)C(=O)/C(=C/c1cccs1)C2=O. The molecule has 104 valence electrons. The number of ketones is 2. The molecule has 2 aromatic rings. The van der Waals surface area contributed by atoms with Crippen LogP contribution in [0.15, 0.2) is 41.3 Å². The summed E-state index contributed by atoms with van der Waals surface area (Å²) < 4.78 is 4.62. The molecule has 0 N–H and O–H groups in total. The van der Waals surface area contributed by atoms with Gasteiger partial charge in [0.1, 0.15) is 0 Å². The van der Waals surface area contributed by atoms with Crippen LogP contribution in [-0.2, 0) is 4.74 Å². The summed E-state index contributed by atoms with van der Waals surface area (Å²) in [5, 5.41) is 1.87. The van der Waals surface area contributed by atoms with Gasteiger partial charge in [0.15, 0.2) is 11.6 Å². The van der Waals surface area contributed by atoms with E-state index in [1.165, 1.54) is 36.6 Å². The largest absolute Gasteiger partial charge is 0.465 e. The Morgan fingerprint density at radius 2 is 1.90 bits per heavy atom. The molecule has 0 bridgehead atoms. The van der Waals surface area contributed by atoms with E-state index in [1.807, 2.05) is 17.5 Å². The monoisotopic (exact) mass is 298 g/mol. The van der Waals surface area contributed by atoms with Gasteiger partial charge in [0, 0.05) is 16.0 Å². The second kappa shape index (κ2) is 5.10. The number of Topliss-reactive ketones (excluding diaryl/α,β-unsaturated/α-hetero) is 2. The topological polar surface area (TPSA) is 60.4 Å². The summed E-state index contributed by atoms with van der Waals surface area (Å²) in [7, 11) is 1.27. The summed E-state index contributed by atoms with van der Waals surface area (Å²) in [5.74, 6) is -1.19. The molecule has 0 radical (unpaired) electrons. The van der Waals surface area contributed by atoms with E-state index in [0.717, 1.165) is 4.88 Å². The second-order valence-electron chi connectivity index (χ2n) is 4.48. The minimum absolute atomic E-state index is 0.134. The lowest BCUT2D eigenvalue weighted by molar-refractivity contribution is 0.0600. The fraction of sp³-hybridized carbons (Fsp3) is 0.0625. The third-order valence-electron chi connectivity index (χ3n) is 3.25. The van der Waals surface area contributed by atoms with Crippen molar-refractivity contribution in [2.45, 2.75) is 0 Å². The minimum atomic E-state index is -0.534. The average Bonchev–Trinajstić information content (AvgIpc) is 3.09. The first-order valence-electron chi connectivity index (χ1n) is 6.19. The Kier molecular flexibility index (Phi) is 3.27. The van der Waals surface area contributed by atoms with Crippen molar-refractivity contribution in [3.63, 3.8) is 0 Å². The van der Waals surface area contributed by atoms with Crippen LogP contribution >= 0.6 is 11.3 Å². The van der Waals surface area contributed by atoms with Crippen molar-refractivity contribution in [2.75, 3.05) is 7.11 Å². The third-order valence-corrected chi connectivity index (χ3v) is 4.07. The molecule has 0 aliphatic heterocycles. The van der Waals surface area contributed by atoms with Crippen molar-refractivity contribution in [1.29, 1.82) is 0 Å². The molecule has 3 rings (SSSR count). The number of hydrogen-bond donors (Lipinski definition) is 0. The molecular formula is C16H10O4S. The molecule has 0 unspecified atom stereocenters. The maximum atomic E-state index is 12.4. The number of benzene rings is 1. The van der Waals surface area contributed by atoms with Gasteiger partial charge in [0.2, 0.25) is 0 Å². The van der Waals surface area contributed by atoms with Gasteiger partial charge in [0.05, 0.1) is 18.2 Å². The van der Waals surface area contributed by atoms with E-state index < -0.39 is 5.97 Å². The first-order valence-corrected chi connectivity index (χ1v) is 7.06. The van der Waals surface area contributed by atoms with Gasteiger partial charge in [-0.1, -0.05) is 6.07 Å². The molecule has 1 aromatic heterocycles. The zero-order valence-electron chi connectivity index (χ0n) is 11.1. The van der Waals surface area contributed by atoms with Crippen molar-refractivity contribution >= 4 is 34.9 Å². The maximum absolute atomic E-state index is 12.4. The van der Waals surface area contributed by atoms with E-state index in [9.17, 15) is 14.4 Å². The van der Waals surface area contributed by atoms with Crippen molar-refractivity contribution in [2.24, 2.45) is 0 Å². The second-order valence-corrected chi connectivity index (χ2v) is 5.46. The molecule has 0 atom stereocenters. The number of hydrogen-bond acceptors (Lipinski definition) is 5. The van der Waals surface area contributed by atoms with E-state index in [4.69, 9.17) is 0 Å². The lowest BCUT2D eigenvalue weighted by atomic mass is 10.1. The van der Waals surface area contributed by atoms with Gasteiger partial charge in [-0.05, 0) is 35.7 Å². The predicted octanol–water partition coefficient (Wildman–Crippen LogP) is 3.00. The molecule has 1 aliphatic carbocycles. The highest BCUT2D eigenvalue weighted by molar-refractivity contribution is 7.10. The number of methoxy groups -OCH3 is 1. The Hall–Kier alpha value is -2.53. The highest BCUT2D eigenvalue weighted by Gasteiger charge is 2.33. The number of fused-ring (bicyclic) bond motifs is 1. The number of carbonyl (C=O) groups is 3. The van der Waals surface area contributed by atoms with E-state index in [2.05, 4.69) is 4.74 Å². The first-order chi connectivity index (χ1) is 10.1. The van der Waals surface area contributed by atoms with Gasteiger partial charge in [-0.3, -0.25) is 9.59 Å². The average molecular weight is 298 g/mol. The number of esters is 1. The number of ether oxygens (including phenoxy) is 1. The molecule has 21 heavy (non-hydrogen) atoms. The molecule has 0 amide bonds. The normalized spacial score (nSPS) is 15.4. The standard InChI is InChI=1S/C16H10O4S/c1-20-16(19)9-4-5-11-12(7-9)15(18)13(14(11)17)8-10-3-2-6-21-10/h2-8H,1H3/b13-8+. The van der Waals surface area contributed by atoms with Crippen molar-refractivity contribution in [3.8, 4) is 0 Å². The van der Waals surface area contributed by atoms with E-state index in [0.29, 0.717) is 5.56 Å². The molecule has 5 heteroatoms. The van der Waals surface area contributed by atoms with E-state index >= 15 is 0 Å². The van der Waals surface area contributed by atoms with Crippen LogP contribution in [0.2, 0.25) is 0 Å². The summed E-state index contributed by atoms with van der Waals surface area (Å²) in [5.41, 5.74) is 0.977. The Labute approximate surface area is 124 Å². The molecule has 4 nitrogen and oxygen atoms in total. The Morgan fingerprint density at radius 3 is 2.57 bits per heavy atom. The molecule has 0 spiro atoms. The van der Waals surface area contributed by atoms with Crippen molar-refractivity contribution in [3.05, 3.63) is 62.9 Å². The summed E-state index contributed by atoms with van der Waals surface area (Å²) in [6.07, 6.45) is 1.59. The Bertz CT molecular complexity index is 785. The summed E-state index contributed by atoms with van der Waals surface area (Å²) in [4.78, 5) is 37.0. The molecule has 1 aromatic carbocycles. The lowest BCUT2D eigenvalue weighted by Gasteiger charge is -2.00.